The van der Waals surface area contributed by atoms with E-state index >= 15 is 0 Å². The lowest BCUT2D eigenvalue weighted by molar-refractivity contribution is -0.190. The van der Waals surface area contributed by atoms with Crippen LogP contribution in [0.1, 0.15) is 65.6 Å². The zero-order valence-corrected chi connectivity index (χ0v) is 27.6. The van der Waals surface area contributed by atoms with Crippen molar-refractivity contribution in [1.82, 2.24) is 0 Å². The van der Waals surface area contributed by atoms with Crippen LogP contribution in [0.3, 0.4) is 0 Å². The zero-order valence-electron chi connectivity index (χ0n) is 27.6. The van der Waals surface area contributed by atoms with Crippen LogP contribution < -0.4 is 10.2 Å². The van der Waals surface area contributed by atoms with Gasteiger partial charge in [0.2, 0.25) is 5.78 Å². The normalized spacial score (nSPS) is 35.1. The summed E-state index contributed by atoms with van der Waals surface area (Å²) in [5.74, 6) is -4.11. The Morgan fingerprint density at radius 1 is 1.04 bits per heavy atom. The van der Waals surface area contributed by atoms with Crippen LogP contribution in [0.4, 0.5) is 0 Å². The van der Waals surface area contributed by atoms with Crippen LogP contribution in [0, 0.1) is 28.6 Å². The molecule has 6 rings (SSSR count). The lowest BCUT2D eigenvalue weighted by Crippen LogP contribution is -2.66. The van der Waals surface area contributed by atoms with Crippen molar-refractivity contribution in [3.63, 3.8) is 0 Å². The van der Waals surface area contributed by atoms with E-state index in [2.05, 4.69) is 6.58 Å². The van der Waals surface area contributed by atoms with Crippen molar-refractivity contribution in [2.45, 2.75) is 76.9 Å². The molecule has 0 saturated heterocycles. The number of hydrogen-bond donors (Lipinski definition) is 3. The molecule has 10 heteroatoms. The third-order valence-corrected chi connectivity index (χ3v) is 12.0. The van der Waals surface area contributed by atoms with Crippen molar-refractivity contribution in [2.24, 2.45) is 28.6 Å². The average Bonchev–Trinajstić information content (AvgIpc) is 2.99. The molecule has 0 amide bonds. The first kappa shape index (κ1) is 32.9. The highest BCUT2D eigenvalue weighted by Gasteiger charge is 2.68. The number of Topliss-reactive ketones (excluding diaryl/α,β-unsaturated/α-hetero) is 2. The molecule has 47 heavy (non-hydrogen) atoms. The first-order valence-corrected chi connectivity index (χ1v) is 16.0. The maximum atomic E-state index is 14.7. The highest BCUT2D eigenvalue weighted by atomic mass is 16.5. The molecule has 1 heterocycles. The first-order chi connectivity index (χ1) is 22.0. The number of methoxy groups -OCH3 is 2. The summed E-state index contributed by atoms with van der Waals surface area (Å²) in [7, 11) is 2.69. The van der Waals surface area contributed by atoms with Gasteiger partial charge in [0.25, 0.3) is 0 Å². The van der Waals surface area contributed by atoms with Gasteiger partial charge in [-0.25, -0.2) is 0 Å². The second-order valence-electron chi connectivity index (χ2n) is 14.8. The zero-order chi connectivity index (χ0) is 34.4. The Hall–Kier alpha value is -4.02. The molecular weight excluding hydrogens is 604 g/mol. The monoisotopic (exact) mass is 646 g/mol. The Morgan fingerprint density at radius 3 is 2.40 bits per heavy atom. The SMILES string of the molecule is C=C1C(=O)CC2C(C)(C)CC(O)CC2(C)C1(O)CC1C(C)=CCC2C(=O)C(OC)=CC(=O)C21c1cc(=O)c2c(O)cc(OC)cc2o1. The minimum atomic E-state index is -1.91. The van der Waals surface area contributed by atoms with Gasteiger partial charge in [-0.05, 0) is 43.9 Å². The molecule has 0 bridgehead atoms. The van der Waals surface area contributed by atoms with E-state index in [0.29, 0.717) is 12.0 Å². The molecule has 7 unspecified atom stereocenters. The number of ketones is 3. The van der Waals surface area contributed by atoms with Crippen LogP contribution in [-0.4, -0.2) is 58.6 Å². The molecular formula is C37H42O10. The number of hydrogen-bond acceptors (Lipinski definition) is 10. The van der Waals surface area contributed by atoms with Crippen molar-refractivity contribution in [3.8, 4) is 11.5 Å². The van der Waals surface area contributed by atoms with E-state index in [9.17, 15) is 34.5 Å². The van der Waals surface area contributed by atoms with Gasteiger partial charge in [-0.1, -0.05) is 39.0 Å². The Bertz CT molecular complexity index is 1860. The maximum Gasteiger partial charge on any atom is 0.202 e. The summed E-state index contributed by atoms with van der Waals surface area (Å²) in [6.07, 6.45) is 2.90. The Labute approximate surface area is 272 Å². The van der Waals surface area contributed by atoms with Gasteiger partial charge in [-0.3, -0.25) is 19.2 Å². The highest BCUT2D eigenvalue weighted by Crippen LogP contribution is 2.65. The predicted molar refractivity (Wildman–Crippen MR) is 172 cm³/mol. The minimum Gasteiger partial charge on any atom is -0.507 e. The fraction of sp³-hybridized carbons (Fsp3) is 0.514. The first-order valence-electron chi connectivity index (χ1n) is 16.0. The van der Waals surface area contributed by atoms with Gasteiger partial charge in [-0.2, -0.15) is 0 Å². The molecule has 2 saturated carbocycles. The van der Waals surface area contributed by atoms with Crippen LogP contribution in [0.5, 0.6) is 11.5 Å². The molecule has 1 aromatic heterocycles. The molecule has 0 radical (unpaired) electrons. The fourth-order valence-corrected chi connectivity index (χ4v) is 9.69. The molecule has 7 atom stereocenters. The van der Waals surface area contributed by atoms with Crippen LogP contribution in [0.15, 0.2) is 63.0 Å². The molecule has 1 aromatic carbocycles. The highest BCUT2D eigenvalue weighted by molar-refractivity contribution is 6.14. The van der Waals surface area contributed by atoms with Gasteiger partial charge < -0.3 is 29.2 Å². The lowest BCUT2D eigenvalue weighted by Gasteiger charge is -2.63. The number of aliphatic hydroxyl groups excluding tert-OH is 1. The number of phenols is 1. The van der Waals surface area contributed by atoms with E-state index in [1.165, 1.54) is 26.4 Å². The number of benzene rings is 1. The van der Waals surface area contributed by atoms with E-state index in [1.807, 2.05) is 26.8 Å². The molecule has 4 aliphatic carbocycles. The third kappa shape index (κ3) is 4.44. The van der Waals surface area contributed by atoms with Crippen LogP contribution in [0.2, 0.25) is 0 Å². The van der Waals surface area contributed by atoms with Gasteiger partial charge in [-0.15, -0.1) is 0 Å². The maximum absolute atomic E-state index is 14.7. The number of phenolic OH excluding ortho intramolecular Hbond substituents is 1. The van der Waals surface area contributed by atoms with E-state index in [4.69, 9.17) is 13.9 Å². The topological polar surface area (TPSA) is 161 Å². The van der Waals surface area contributed by atoms with E-state index in [0.717, 1.165) is 12.1 Å². The second kappa shape index (κ2) is 10.8. The number of aliphatic hydroxyl groups is 2. The quantitative estimate of drug-likeness (QED) is 0.313. The summed E-state index contributed by atoms with van der Waals surface area (Å²) in [6, 6.07) is 3.83. The summed E-state index contributed by atoms with van der Waals surface area (Å²) >= 11 is 0. The molecule has 250 valence electrons. The fourth-order valence-electron chi connectivity index (χ4n) is 9.69. The summed E-state index contributed by atoms with van der Waals surface area (Å²) < 4.78 is 17.0. The van der Waals surface area contributed by atoms with Crippen LogP contribution in [-0.2, 0) is 24.5 Å². The molecule has 10 nitrogen and oxygen atoms in total. The standard InChI is InChI=1S/C37H42O10/c1-18-8-9-22-33(43)28(46-7)14-30(42)37(22,31-13-26(41)32-25(40)10-21(45-6)11-27(32)47-31)23(18)17-36(44)19(2)24(39)12-29-34(3,4)15-20(38)16-35(29,36)5/h8,10-11,13-14,20,22-23,29,38,40,44H,2,9,12,15-17H2,1,3-7H3. The van der Waals surface area contributed by atoms with Crippen LogP contribution in [0.25, 0.3) is 11.0 Å². The van der Waals surface area contributed by atoms with Gasteiger partial charge in [0.1, 0.15) is 33.6 Å². The molecule has 0 spiro atoms. The summed E-state index contributed by atoms with van der Waals surface area (Å²) in [6.45, 7) is 11.7. The number of ether oxygens (including phenoxy) is 2. The number of fused-ring (bicyclic) bond motifs is 3. The van der Waals surface area contributed by atoms with Gasteiger partial charge >= 0.3 is 0 Å². The van der Waals surface area contributed by atoms with Crippen molar-refractivity contribution in [2.75, 3.05) is 14.2 Å². The summed E-state index contributed by atoms with van der Waals surface area (Å²) in [4.78, 5) is 56.1. The van der Waals surface area contributed by atoms with E-state index in [1.54, 1.807) is 6.92 Å². The lowest BCUT2D eigenvalue weighted by atomic mass is 9.42. The smallest absolute Gasteiger partial charge is 0.202 e. The number of rotatable bonds is 5. The van der Waals surface area contributed by atoms with Crippen molar-refractivity contribution in [1.29, 1.82) is 0 Å². The van der Waals surface area contributed by atoms with Crippen LogP contribution >= 0.6 is 0 Å². The molecule has 0 aliphatic heterocycles. The minimum absolute atomic E-state index is 0.0106. The Kier molecular flexibility index (Phi) is 7.53. The average molecular weight is 647 g/mol. The predicted octanol–water partition coefficient (Wildman–Crippen LogP) is 4.46. The Balaban J connectivity index is 1.64. The van der Waals surface area contributed by atoms with Crippen molar-refractivity contribution in [3.05, 3.63) is 69.8 Å². The van der Waals surface area contributed by atoms with E-state index < -0.39 is 56.8 Å². The van der Waals surface area contributed by atoms with E-state index in [-0.39, 0.29) is 76.9 Å². The molecule has 2 aromatic rings. The number of carbonyl (C=O) groups excluding carboxylic acids is 3. The Morgan fingerprint density at radius 2 is 1.74 bits per heavy atom. The number of aromatic hydroxyl groups is 1. The molecule has 4 aliphatic rings. The number of allylic oxidation sites excluding steroid dienone is 4. The summed E-state index contributed by atoms with van der Waals surface area (Å²) in [5, 5.41) is 34.6. The van der Waals surface area contributed by atoms with Gasteiger partial charge in [0, 0.05) is 53.5 Å². The second-order valence-corrected chi connectivity index (χ2v) is 14.8. The third-order valence-electron chi connectivity index (χ3n) is 12.0. The summed E-state index contributed by atoms with van der Waals surface area (Å²) in [5.41, 5.74) is -5.33. The largest absolute Gasteiger partial charge is 0.507 e. The molecule has 3 N–H and O–H groups in total. The number of carbonyl (C=O) groups is 3. The van der Waals surface area contributed by atoms with Gasteiger partial charge in [0.05, 0.1) is 25.9 Å². The molecule has 2 fully saturated rings. The van der Waals surface area contributed by atoms with Crippen molar-refractivity contribution >= 4 is 28.3 Å². The van der Waals surface area contributed by atoms with Crippen molar-refractivity contribution < 1.29 is 43.6 Å². The van der Waals surface area contributed by atoms with Gasteiger partial charge in [0.15, 0.2) is 22.8 Å².